The standard InChI is InChI=1S/C12H15N7O/c1-13-12(20)16-10-7-9-8-18(5-6-19(9)17-10)11-14-3-2-4-15-11/h2-4,7H,5-6,8H2,1H3,(H2,13,16,17,20). The summed E-state index contributed by atoms with van der Waals surface area (Å²) in [5, 5.41) is 9.51. The van der Waals surface area contributed by atoms with Gasteiger partial charge in [-0.05, 0) is 6.07 Å². The Balaban J connectivity index is 1.76. The Hall–Kier alpha value is -2.64. The zero-order chi connectivity index (χ0) is 13.9. The molecule has 0 saturated carbocycles. The van der Waals surface area contributed by atoms with Crippen LogP contribution in [0.15, 0.2) is 24.5 Å². The maximum absolute atomic E-state index is 11.3. The van der Waals surface area contributed by atoms with E-state index in [9.17, 15) is 4.79 Å². The van der Waals surface area contributed by atoms with Crippen LogP contribution in [-0.2, 0) is 13.1 Å². The molecule has 1 aliphatic rings. The van der Waals surface area contributed by atoms with Gasteiger partial charge >= 0.3 is 6.03 Å². The van der Waals surface area contributed by atoms with Gasteiger partial charge in [0.25, 0.3) is 0 Å². The molecule has 1 aliphatic heterocycles. The van der Waals surface area contributed by atoms with Crippen molar-refractivity contribution in [2.45, 2.75) is 13.1 Å². The third-order valence-electron chi connectivity index (χ3n) is 3.10. The highest BCUT2D eigenvalue weighted by Gasteiger charge is 2.20. The first-order valence-corrected chi connectivity index (χ1v) is 6.33. The molecule has 0 fully saturated rings. The summed E-state index contributed by atoms with van der Waals surface area (Å²) in [5.74, 6) is 1.26. The zero-order valence-corrected chi connectivity index (χ0v) is 11.1. The fourth-order valence-electron chi connectivity index (χ4n) is 2.13. The van der Waals surface area contributed by atoms with E-state index in [0.29, 0.717) is 18.3 Å². The lowest BCUT2D eigenvalue weighted by Gasteiger charge is -2.27. The molecule has 8 heteroatoms. The number of carbonyl (C=O) groups excluding carboxylic acids is 1. The molecule has 0 radical (unpaired) electrons. The molecule has 104 valence electrons. The topological polar surface area (TPSA) is 88.0 Å². The van der Waals surface area contributed by atoms with Crippen molar-refractivity contribution in [2.24, 2.45) is 0 Å². The lowest BCUT2D eigenvalue weighted by atomic mass is 10.3. The molecular formula is C12H15N7O. The van der Waals surface area contributed by atoms with Crippen LogP contribution in [0.25, 0.3) is 0 Å². The number of carbonyl (C=O) groups is 1. The third-order valence-corrected chi connectivity index (χ3v) is 3.10. The van der Waals surface area contributed by atoms with Crippen LogP contribution in [0.4, 0.5) is 16.6 Å². The Morgan fingerprint density at radius 2 is 2.10 bits per heavy atom. The summed E-state index contributed by atoms with van der Waals surface area (Å²) in [6.45, 7) is 2.20. The van der Waals surface area contributed by atoms with Crippen LogP contribution in [0.1, 0.15) is 5.69 Å². The van der Waals surface area contributed by atoms with E-state index in [2.05, 4.69) is 30.6 Å². The van der Waals surface area contributed by atoms with E-state index in [4.69, 9.17) is 0 Å². The molecule has 2 aromatic rings. The van der Waals surface area contributed by atoms with Crippen molar-refractivity contribution in [3.63, 3.8) is 0 Å². The van der Waals surface area contributed by atoms with E-state index in [1.807, 2.05) is 10.7 Å². The molecular weight excluding hydrogens is 258 g/mol. The van der Waals surface area contributed by atoms with Gasteiger partial charge in [0.05, 0.1) is 18.8 Å². The van der Waals surface area contributed by atoms with Crippen LogP contribution >= 0.6 is 0 Å². The van der Waals surface area contributed by atoms with Crippen molar-refractivity contribution in [1.82, 2.24) is 25.1 Å². The van der Waals surface area contributed by atoms with Crippen molar-refractivity contribution >= 4 is 17.8 Å². The van der Waals surface area contributed by atoms with E-state index >= 15 is 0 Å². The molecule has 0 saturated heterocycles. The fourth-order valence-corrected chi connectivity index (χ4v) is 2.13. The van der Waals surface area contributed by atoms with Gasteiger partial charge in [0.2, 0.25) is 5.95 Å². The Morgan fingerprint density at radius 3 is 2.85 bits per heavy atom. The summed E-state index contributed by atoms with van der Waals surface area (Å²) in [5.41, 5.74) is 1.02. The highest BCUT2D eigenvalue weighted by Crippen LogP contribution is 2.19. The molecule has 3 heterocycles. The number of nitrogens with one attached hydrogen (secondary N) is 2. The van der Waals surface area contributed by atoms with Crippen LogP contribution in [0.5, 0.6) is 0 Å². The first-order valence-electron chi connectivity index (χ1n) is 6.33. The maximum atomic E-state index is 11.3. The second-order valence-corrected chi connectivity index (χ2v) is 4.42. The van der Waals surface area contributed by atoms with Gasteiger partial charge in [0, 0.05) is 32.1 Å². The second kappa shape index (κ2) is 5.16. The summed E-state index contributed by atoms with van der Waals surface area (Å²) in [7, 11) is 1.57. The third kappa shape index (κ3) is 2.40. The summed E-state index contributed by atoms with van der Waals surface area (Å²) in [4.78, 5) is 21.9. The smallest absolute Gasteiger partial charge is 0.320 e. The van der Waals surface area contributed by atoms with E-state index < -0.39 is 0 Å². The van der Waals surface area contributed by atoms with Crippen molar-refractivity contribution in [3.05, 3.63) is 30.2 Å². The van der Waals surface area contributed by atoms with Crippen molar-refractivity contribution in [3.8, 4) is 0 Å². The monoisotopic (exact) mass is 273 g/mol. The summed E-state index contributed by atoms with van der Waals surface area (Å²) >= 11 is 0. The molecule has 0 spiro atoms. The summed E-state index contributed by atoms with van der Waals surface area (Å²) < 4.78 is 1.89. The first-order chi connectivity index (χ1) is 9.76. The molecule has 2 amide bonds. The predicted molar refractivity (Wildman–Crippen MR) is 73.4 cm³/mol. The van der Waals surface area contributed by atoms with Crippen LogP contribution in [0.2, 0.25) is 0 Å². The number of rotatable bonds is 2. The lowest BCUT2D eigenvalue weighted by Crippen LogP contribution is -2.34. The number of aromatic nitrogens is 4. The summed E-state index contributed by atoms with van der Waals surface area (Å²) in [6, 6.07) is 3.39. The number of amides is 2. The maximum Gasteiger partial charge on any atom is 0.320 e. The minimum Gasteiger partial charge on any atom is -0.341 e. The van der Waals surface area contributed by atoms with Crippen LogP contribution in [-0.4, -0.2) is 39.4 Å². The molecule has 3 rings (SSSR count). The molecule has 0 bridgehead atoms. The van der Waals surface area contributed by atoms with Gasteiger partial charge in [0.15, 0.2) is 5.82 Å². The number of hydrogen-bond donors (Lipinski definition) is 2. The summed E-state index contributed by atoms with van der Waals surface area (Å²) in [6.07, 6.45) is 3.46. The highest BCUT2D eigenvalue weighted by atomic mass is 16.2. The highest BCUT2D eigenvalue weighted by molar-refractivity contribution is 5.87. The minimum absolute atomic E-state index is 0.274. The Bertz CT molecular complexity index is 610. The van der Waals surface area contributed by atoms with Gasteiger partial charge in [-0.3, -0.25) is 10.00 Å². The quantitative estimate of drug-likeness (QED) is 0.829. The molecule has 20 heavy (non-hydrogen) atoms. The van der Waals surface area contributed by atoms with E-state index in [1.165, 1.54) is 0 Å². The molecule has 0 aliphatic carbocycles. The largest absolute Gasteiger partial charge is 0.341 e. The molecule has 0 unspecified atom stereocenters. The number of anilines is 2. The number of hydrogen-bond acceptors (Lipinski definition) is 5. The van der Waals surface area contributed by atoms with Gasteiger partial charge in [-0.2, -0.15) is 5.10 Å². The van der Waals surface area contributed by atoms with Crippen LogP contribution in [0, 0.1) is 0 Å². The average Bonchev–Trinajstić information content (AvgIpc) is 2.89. The SMILES string of the molecule is CNC(=O)Nc1cc2n(n1)CCN(c1ncccn1)C2. The fraction of sp³-hybridized carbons (Fsp3) is 0.333. The number of fused-ring (bicyclic) bond motifs is 1. The predicted octanol–water partition coefficient (Wildman–Crippen LogP) is 0.445. The Kier molecular flexibility index (Phi) is 3.20. The molecule has 0 aromatic carbocycles. The Morgan fingerprint density at radius 1 is 1.30 bits per heavy atom. The van der Waals surface area contributed by atoms with Crippen LogP contribution in [0.3, 0.4) is 0 Å². The van der Waals surface area contributed by atoms with E-state index in [0.717, 1.165) is 18.8 Å². The second-order valence-electron chi connectivity index (χ2n) is 4.42. The normalized spacial score (nSPS) is 13.8. The van der Waals surface area contributed by atoms with Gasteiger partial charge in [-0.1, -0.05) is 0 Å². The lowest BCUT2D eigenvalue weighted by molar-refractivity contribution is 0.254. The van der Waals surface area contributed by atoms with Crippen molar-refractivity contribution in [2.75, 3.05) is 23.8 Å². The van der Waals surface area contributed by atoms with Crippen LogP contribution < -0.4 is 15.5 Å². The molecule has 2 N–H and O–H groups in total. The molecule has 0 atom stereocenters. The van der Waals surface area contributed by atoms with E-state index in [-0.39, 0.29) is 6.03 Å². The number of nitrogens with zero attached hydrogens (tertiary/aromatic N) is 5. The van der Waals surface area contributed by atoms with Gasteiger partial charge in [-0.15, -0.1) is 0 Å². The average molecular weight is 273 g/mol. The van der Waals surface area contributed by atoms with Crippen molar-refractivity contribution < 1.29 is 4.79 Å². The van der Waals surface area contributed by atoms with Gasteiger partial charge in [-0.25, -0.2) is 14.8 Å². The molecule has 8 nitrogen and oxygen atoms in total. The molecule has 2 aromatic heterocycles. The first kappa shape index (κ1) is 12.4. The van der Waals surface area contributed by atoms with Crippen molar-refractivity contribution in [1.29, 1.82) is 0 Å². The van der Waals surface area contributed by atoms with Gasteiger partial charge < -0.3 is 10.2 Å². The number of urea groups is 1. The zero-order valence-electron chi connectivity index (χ0n) is 11.1. The Labute approximate surface area is 115 Å². The van der Waals surface area contributed by atoms with Gasteiger partial charge in [0.1, 0.15) is 0 Å². The minimum atomic E-state index is -0.274. The van der Waals surface area contributed by atoms with E-state index in [1.54, 1.807) is 25.5 Å².